The Labute approximate surface area is 116 Å². The predicted octanol–water partition coefficient (Wildman–Crippen LogP) is 2.44. The number of aromatic amines is 1. The third-order valence-corrected chi connectivity index (χ3v) is 4.63. The molecule has 0 bridgehead atoms. The van der Waals surface area contributed by atoms with Crippen LogP contribution >= 0.6 is 11.8 Å². The van der Waals surface area contributed by atoms with Crippen molar-refractivity contribution in [1.82, 2.24) is 15.5 Å². The largest absolute Gasteiger partial charge is 0.350 e. The van der Waals surface area contributed by atoms with Gasteiger partial charge < -0.3 is 5.32 Å². The van der Waals surface area contributed by atoms with Gasteiger partial charge in [-0.05, 0) is 36.3 Å². The highest BCUT2D eigenvalue weighted by molar-refractivity contribution is 7.99. The standard InChI is InChI=1S/C14H17N3OS/c18-14(15-9-10-5-7-19-8-6-10)13-11-3-1-2-4-12(11)16-17-13/h1-4,10H,5-9H2,(H,15,18)(H,16,17). The predicted molar refractivity (Wildman–Crippen MR) is 78.5 cm³/mol. The molecule has 1 fully saturated rings. The second-order valence-corrected chi connectivity index (χ2v) is 6.11. The number of H-pyrrole nitrogens is 1. The Hall–Kier alpha value is -1.49. The van der Waals surface area contributed by atoms with Crippen LogP contribution in [0.3, 0.4) is 0 Å². The summed E-state index contributed by atoms with van der Waals surface area (Å²) in [7, 11) is 0. The molecule has 1 amide bonds. The second-order valence-electron chi connectivity index (χ2n) is 4.88. The minimum absolute atomic E-state index is 0.0734. The molecule has 0 unspecified atom stereocenters. The van der Waals surface area contributed by atoms with Gasteiger partial charge in [0, 0.05) is 11.9 Å². The van der Waals surface area contributed by atoms with Crippen molar-refractivity contribution < 1.29 is 4.79 Å². The van der Waals surface area contributed by atoms with Gasteiger partial charge in [-0.25, -0.2) is 0 Å². The van der Waals surface area contributed by atoms with Gasteiger partial charge in [-0.2, -0.15) is 16.9 Å². The molecule has 2 heterocycles. The van der Waals surface area contributed by atoms with E-state index in [1.165, 1.54) is 24.3 Å². The molecular weight excluding hydrogens is 258 g/mol. The molecule has 3 rings (SSSR count). The van der Waals surface area contributed by atoms with Gasteiger partial charge in [0.1, 0.15) is 0 Å². The molecule has 1 aliphatic heterocycles. The van der Waals surface area contributed by atoms with Gasteiger partial charge in [-0.15, -0.1) is 0 Å². The number of hydrogen-bond donors (Lipinski definition) is 2. The zero-order valence-corrected chi connectivity index (χ0v) is 11.5. The maximum Gasteiger partial charge on any atom is 0.272 e. The molecule has 0 aliphatic carbocycles. The van der Waals surface area contributed by atoms with Gasteiger partial charge in [0.25, 0.3) is 5.91 Å². The summed E-state index contributed by atoms with van der Waals surface area (Å²) in [5.74, 6) is 2.98. The molecular formula is C14H17N3OS. The van der Waals surface area contributed by atoms with Crippen LogP contribution in [0.2, 0.25) is 0 Å². The fourth-order valence-corrected chi connectivity index (χ4v) is 3.61. The summed E-state index contributed by atoms with van der Waals surface area (Å²) in [6.07, 6.45) is 2.40. The van der Waals surface area contributed by atoms with E-state index in [2.05, 4.69) is 15.5 Å². The van der Waals surface area contributed by atoms with E-state index in [1.54, 1.807) is 0 Å². The molecule has 2 N–H and O–H groups in total. The Morgan fingerprint density at radius 2 is 2.16 bits per heavy atom. The second kappa shape index (κ2) is 5.65. The van der Waals surface area contributed by atoms with Crippen LogP contribution in [0.1, 0.15) is 23.3 Å². The van der Waals surface area contributed by atoms with Crippen molar-refractivity contribution in [3.05, 3.63) is 30.0 Å². The van der Waals surface area contributed by atoms with Crippen LogP contribution < -0.4 is 5.32 Å². The van der Waals surface area contributed by atoms with Crippen LogP contribution in [0.15, 0.2) is 24.3 Å². The van der Waals surface area contributed by atoms with E-state index in [0.29, 0.717) is 11.6 Å². The van der Waals surface area contributed by atoms with Crippen LogP contribution in [0.4, 0.5) is 0 Å². The third-order valence-electron chi connectivity index (χ3n) is 3.58. The number of carbonyl (C=O) groups excluding carboxylic acids is 1. The van der Waals surface area contributed by atoms with E-state index in [-0.39, 0.29) is 5.91 Å². The first-order valence-corrected chi connectivity index (χ1v) is 7.79. The van der Waals surface area contributed by atoms with Crippen molar-refractivity contribution >= 4 is 28.6 Å². The highest BCUT2D eigenvalue weighted by Crippen LogP contribution is 2.22. The number of carbonyl (C=O) groups is 1. The Bertz CT molecular complexity index is 575. The summed E-state index contributed by atoms with van der Waals surface area (Å²) in [6.45, 7) is 0.764. The smallest absolute Gasteiger partial charge is 0.272 e. The van der Waals surface area contributed by atoms with E-state index >= 15 is 0 Å². The molecule has 1 aromatic carbocycles. The highest BCUT2D eigenvalue weighted by Gasteiger charge is 2.17. The molecule has 0 spiro atoms. The molecule has 4 nitrogen and oxygen atoms in total. The lowest BCUT2D eigenvalue weighted by Crippen LogP contribution is -2.31. The molecule has 0 radical (unpaired) electrons. The van der Waals surface area contributed by atoms with Gasteiger partial charge in [-0.1, -0.05) is 18.2 Å². The van der Waals surface area contributed by atoms with E-state index in [1.807, 2.05) is 36.0 Å². The number of amides is 1. The maximum absolute atomic E-state index is 12.2. The Balaban J connectivity index is 1.66. The quantitative estimate of drug-likeness (QED) is 0.904. The molecule has 5 heteroatoms. The van der Waals surface area contributed by atoms with Crippen molar-refractivity contribution in [2.45, 2.75) is 12.8 Å². The summed E-state index contributed by atoms with van der Waals surface area (Å²) < 4.78 is 0. The lowest BCUT2D eigenvalue weighted by molar-refractivity contribution is 0.0943. The fourth-order valence-electron chi connectivity index (χ4n) is 2.41. The number of thioether (sulfide) groups is 1. The Morgan fingerprint density at radius 1 is 1.37 bits per heavy atom. The molecule has 2 aromatic rings. The van der Waals surface area contributed by atoms with Gasteiger partial charge >= 0.3 is 0 Å². The van der Waals surface area contributed by atoms with Crippen molar-refractivity contribution in [3.63, 3.8) is 0 Å². The van der Waals surface area contributed by atoms with Crippen molar-refractivity contribution in [1.29, 1.82) is 0 Å². The number of fused-ring (bicyclic) bond motifs is 1. The van der Waals surface area contributed by atoms with Gasteiger partial charge in [-0.3, -0.25) is 9.89 Å². The van der Waals surface area contributed by atoms with Gasteiger partial charge in [0.05, 0.1) is 5.52 Å². The number of nitrogens with one attached hydrogen (secondary N) is 2. The molecule has 0 atom stereocenters. The zero-order chi connectivity index (χ0) is 13.1. The minimum atomic E-state index is -0.0734. The number of para-hydroxylation sites is 1. The van der Waals surface area contributed by atoms with E-state index < -0.39 is 0 Å². The number of aromatic nitrogens is 2. The molecule has 0 saturated carbocycles. The minimum Gasteiger partial charge on any atom is -0.350 e. The first kappa shape index (κ1) is 12.5. The van der Waals surface area contributed by atoms with Crippen LogP contribution in [-0.4, -0.2) is 34.2 Å². The zero-order valence-electron chi connectivity index (χ0n) is 10.7. The number of rotatable bonds is 3. The highest BCUT2D eigenvalue weighted by atomic mass is 32.2. The van der Waals surface area contributed by atoms with Crippen LogP contribution in [0.5, 0.6) is 0 Å². The molecule has 100 valence electrons. The number of nitrogens with zero attached hydrogens (tertiary/aromatic N) is 1. The monoisotopic (exact) mass is 275 g/mol. The summed E-state index contributed by atoms with van der Waals surface area (Å²) >= 11 is 2.00. The van der Waals surface area contributed by atoms with Crippen molar-refractivity contribution in [3.8, 4) is 0 Å². The molecule has 19 heavy (non-hydrogen) atoms. The maximum atomic E-state index is 12.2. The van der Waals surface area contributed by atoms with E-state index in [4.69, 9.17) is 0 Å². The normalized spacial score (nSPS) is 16.6. The topological polar surface area (TPSA) is 57.8 Å². The van der Waals surface area contributed by atoms with Gasteiger partial charge in [0.2, 0.25) is 0 Å². The lowest BCUT2D eigenvalue weighted by Gasteiger charge is -2.21. The van der Waals surface area contributed by atoms with Crippen molar-refractivity contribution in [2.75, 3.05) is 18.1 Å². The van der Waals surface area contributed by atoms with Crippen molar-refractivity contribution in [2.24, 2.45) is 5.92 Å². The molecule has 1 aliphatic rings. The van der Waals surface area contributed by atoms with E-state index in [9.17, 15) is 4.79 Å². The molecule has 1 aromatic heterocycles. The lowest BCUT2D eigenvalue weighted by atomic mass is 10.0. The summed E-state index contributed by atoms with van der Waals surface area (Å²) in [4.78, 5) is 12.2. The first-order valence-electron chi connectivity index (χ1n) is 6.63. The van der Waals surface area contributed by atoms with E-state index in [0.717, 1.165) is 17.4 Å². The van der Waals surface area contributed by atoms with Gasteiger partial charge in [0.15, 0.2) is 5.69 Å². The van der Waals surface area contributed by atoms with Crippen LogP contribution in [0.25, 0.3) is 10.9 Å². The Morgan fingerprint density at radius 3 is 3.00 bits per heavy atom. The van der Waals surface area contributed by atoms with Crippen LogP contribution in [-0.2, 0) is 0 Å². The average molecular weight is 275 g/mol. The van der Waals surface area contributed by atoms with Crippen LogP contribution in [0, 0.1) is 5.92 Å². The third kappa shape index (κ3) is 2.76. The Kier molecular flexibility index (Phi) is 3.73. The SMILES string of the molecule is O=C(NCC1CCSCC1)c1n[nH]c2ccccc12. The number of hydrogen-bond acceptors (Lipinski definition) is 3. The first-order chi connectivity index (χ1) is 9.34. The fraction of sp³-hybridized carbons (Fsp3) is 0.429. The number of benzene rings is 1. The summed E-state index contributed by atoms with van der Waals surface area (Å²) in [5.41, 5.74) is 1.41. The summed E-state index contributed by atoms with van der Waals surface area (Å²) in [6, 6.07) is 7.71. The average Bonchev–Trinajstić information content (AvgIpc) is 2.90. The summed E-state index contributed by atoms with van der Waals surface area (Å²) in [5, 5.41) is 10.9. The molecule has 1 saturated heterocycles.